The van der Waals surface area contributed by atoms with Crippen LogP contribution < -0.4 is 0 Å². The standard InChI is InChI=1S/C12H11NO3/c14-10-9-4-2-1-3-8(9)7-13(10)12(5-6-12)11(15)16/h1-4H,5-7H2,(H,15,16). The molecule has 1 N–H and O–H groups in total. The van der Waals surface area contributed by atoms with Crippen molar-refractivity contribution in [3.05, 3.63) is 35.4 Å². The van der Waals surface area contributed by atoms with Crippen LogP contribution in [-0.2, 0) is 11.3 Å². The molecular weight excluding hydrogens is 206 g/mol. The first kappa shape index (κ1) is 9.39. The monoisotopic (exact) mass is 217 g/mol. The number of carboxylic acid groups (broad SMARTS) is 1. The summed E-state index contributed by atoms with van der Waals surface area (Å²) in [6, 6.07) is 7.32. The quantitative estimate of drug-likeness (QED) is 0.811. The van der Waals surface area contributed by atoms with Crippen molar-refractivity contribution in [1.82, 2.24) is 4.90 Å². The van der Waals surface area contributed by atoms with Crippen molar-refractivity contribution in [2.75, 3.05) is 0 Å². The molecule has 3 rings (SSSR count). The Balaban J connectivity index is 1.99. The zero-order chi connectivity index (χ0) is 11.3. The highest BCUT2D eigenvalue weighted by Gasteiger charge is 2.58. The average Bonchev–Trinajstić information content (AvgIpc) is 3.01. The molecule has 0 unspecified atom stereocenters. The summed E-state index contributed by atoms with van der Waals surface area (Å²) in [4.78, 5) is 24.7. The lowest BCUT2D eigenvalue weighted by Crippen LogP contribution is -2.43. The topological polar surface area (TPSA) is 57.6 Å². The van der Waals surface area contributed by atoms with Crippen LogP contribution >= 0.6 is 0 Å². The van der Waals surface area contributed by atoms with Gasteiger partial charge >= 0.3 is 5.97 Å². The third-order valence-electron chi connectivity index (χ3n) is 3.46. The highest BCUT2D eigenvalue weighted by molar-refractivity contribution is 6.02. The number of fused-ring (bicyclic) bond motifs is 1. The fourth-order valence-electron chi connectivity index (χ4n) is 2.32. The Morgan fingerprint density at radius 1 is 1.31 bits per heavy atom. The van der Waals surface area contributed by atoms with Gasteiger partial charge in [-0.3, -0.25) is 4.79 Å². The van der Waals surface area contributed by atoms with Crippen molar-refractivity contribution < 1.29 is 14.7 Å². The minimum absolute atomic E-state index is 0.143. The first-order valence-corrected chi connectivity index (χ1v) is 5.28. The van der Waals surface area contributed by atoms with Gasteiger partial charge in [-0.1, -0.05) is 18.2 Å². The molecule has 1 amide bonds. The van der Waals surface area contributed by atoms with E-state index in [2.05, 4.69) is 0 Å². The fraction of sp³-hybridized carbons (Fsp3) is 0.333. The van der Waals surface area contributed by atoms with E-state index in [1.807, 2.05) is 12.1 Å². The Labute approximate surface area is 92.5 Å². The van der Waals surface area contributed by atoms with E-state index in [-0.39, 0.29) is 5.91 Å². The molecule has 4 nitrogen and oxygen atoms in total. The average molecular weight is 217 g/mol. The maximum Gasteiger partial charge on any atom is 0.329 e. The molecule has 1 fully saturated rings. The molecule has 0 radical (unpaired) electrons. The Morgan fingerprint density at radius 3 is 2.56 bits per heavy atom. The summed E-state index contributed by atoms with van der Waals surface area (Å²) in [6.07, 6.45) is 1.14. The van der Waals surface area contributed by atoms with Crippen molar-refractivity contribution >= 4 is 11.9 Å². The van der Waals surface area contributed by atoms with Gasteiger partial charge in [0.05, 0.1) is 0 Å². The van der Waals surface area contributed by atoms with Gasteiger partial charge in [0.15, 0.2) is 0 Å². The Hall–Kier alpha value is -1.84. The molecular formula is C12H11NO3. The van der Waals surface area contributed by atoms with Crippen molar-refractivity contribution in [3.63, 3.8) is 0 Å². The third kappa shape index (κ3) is 1.04. The zero-order valence-electron chi connectivity index (χ0n) is 8.64. The summed E-state index contributed by atoms with van der Waals surface area (Å²) < 4.78 is 0. The second kappa shape index (κ2) is 2.84. The number of hydrogen-bond acceptors (Lipinski definition) is 2. The minimum atomic E-state index is -0.921. The van der Waals surface area contributed by atoms with Crippen molar-refractivity contribution in [2.45, 2.75) is 24.9 Å². The number of benzene rings is 1. The molecule has 1 aromatic rings. The first-order chi connectivity index (χ1) is 7.65. The van der Waals surface area contributed by atoms with E-state index >= 15 is 0 Å². The second-order valence-electron chi connectivity index (χ2n) is 4.39. The number of hydrogen-bond donors (Lipinski definition) is 1. The van der Waals surface area contributed by atoms with Gasteiger partial charge in [0.1, 0.15) is 5.54 Å². The molecule has 0 spiro atoms. The molecule has 1 aliphatic heterocycles. The van der Waals surface area contributed by atoms with Crippen LogP contribution in [0.25, 0.3) is 0 Å². The summed E-state index contributed by atoms with van der Waals surface area (Å²) in [5.41, 5.74) is 0.658. The fourth-order valence-corrected chi connectivity index (χ4v) is 2.32. The number of aliphatic carboxylic acids is 1. The lowest BCUT2D eigenvalue weighted by atomic mass is 10.1. The molecule has 2 aliphatic rings. The Bertz CT molecular complexity index is 491. The number of carbonyl (C=O) groups is 2. The summed E-state index contributed by atoms with van der Waals surface area (Å²) in [7, 11) is 0. The molecule has 1 aliphatic carbocycles. The third-order valence-corrected chi connectivity index (χ3v) is 3.46. The molecule has 0 saturated heterocycles. The largest absolute Gasteiger partial charge is 0.479 e. The van der Waals surface area contributed by atoms with E-state index in [0.29, 0.717) is 24.9 Å². The molecule has 0 atom stereocenters. The van der Waals surface area contributed by atoms with E-state index in [1.54, 1.807) is 12.1 Å². The van der Waals surface area contributed by atoms with Gasteiger partial charge < -0.3 is 10.0 Å². The van der Waals surface area contributed by atoms with Gasteiger partial charge in [-0.05, 0) is 24.5 Å². The smallest absolute Gasteiger partial charge is 0.329 e. The van der Waals surface area contributed by atoms with Gasteiger partial charge in [0.2, 0.25) is 0 Å². The van der Waals surface area contributed by atoms with E-state index in [9.17, 15) is 9.59 Å². The number of carbonyl (C=O) groups excluding carboxylic acids is 1. The lowest BCUT2D eigenvalue weighted by Gasteiger charge is -2.23. The number of amides is 1. The maximum absolute atomic E-state index is 12.1. The minimum Gasteiger partial charge on any atom is -0.479 e. The van der Waals surface area contributed by atoms with Gasteiger partial charge in [-0.15, -0.1) is 0 Å². The van der Waals surface area contributed by atoms with Gasteiger partial charge in [-0.2, -0.15) is 0 Å². The van der Waals surface area contributed by atoms with Crippen molar-refractivity contribution in [3.8, 4) is 0 Å². The van der Waals surface area contributed by atoms with Gasteiger partial charge in [-0.25, -0.2) is 4.79 Å². The highest BCUT2D eigenvalue weighted by Crippen LogP contribution is 2.45. The van der Waals surface area contributed by atoms with Crippen LogP contribution in [-0.4, -0.2) is 27.4 Å². The molecule has 16 heavy (non-hydrogen) atoms. The van der Waals surface area contributed by atoms with E-state index < -0.39 is 11.5 Å². The normalized spacial score (nSPS) is 20.8. The predicted octanol–water partition coefficient (Wildman–Crippen LogP) is 1.26. The SMILES string of the molecule is O=C1c2ccccc2CN1C1(C(=O)O)CC1. The predicted molar refractivity (Wildman–Crippen MR) is 55.9 cm³/mol. The van der Waals surface area contributed by atoms with Crippen molar-refractivity contribution in [2.24, 2.45) is 0 Å². The highest BCUT2D eigenvalue weighted by atomic mass is 16.4. The molecule has 82 valence electrons. The molecule has 1 saturated carbocycles. The van der Waals surface area contributed by atoms with Crippen LogP contribution in [0.15, 0.2) is 24.3 Å². The van der Waals surface area contributed by atoms with Crippen molar-refractivity contribution in [1.29, 1.82) is 0 Å². The summed E-state index contributed by atoms with van der Waals surface area (Å²) >= 11 is 0. The van der Waals surface area contributed by atoms with Gasteiger partial charge in [0.25, 0.3) is 5.91 Å². The van der Waals surface area contributed by atoms with E-state index in [0.717, 1.165) is 5.56 Å². The zero-order valence-corrected chi connectivity index (χ0v) is 8.64. The summed E-state index contributed by atoms with van der Waals surface area (Å²) in [5.74, 6) is -1.02. The van der Waals surface area contributed by atoms with E-state index in [4.69, 9.17) is 5.11 Å². The molecule has 0 bridgehead atoms. The van der Waals surface area contributed by atoms with Crippen LogP contribution in [0, 0.1) is 0 Å². The Morgan fingerprint density at radius 2 is 2.00 bits per heavy atom. The van der Waals surface area contributed by atoms with Gasteiger partial charge in [0, 0.05) is 12.1 Å². The van der Waals surface area contributed by atoms with E-state index in [1.165, 1.54) is 4.90 Å². The second-order valence-corrected chi connectivity index (χ2v) is 4.39. The van der Waals surface area contributed by atoms with Crippen LogP contribution in [0.2, 0.25) is 0 Å². The van der Waals surface area contributed by atoms with Crippen LogP contribution in [0.3, 0.4) is 0 Å². The number of carboxylic acids is 1. The van der Waals surface area contributed by atoms with Crippen LogP contribution in [0.4, 0.5) is 0 Å². The number of rotatable bonds is 2. The molecule has 0 aromatic heterocycles. The maximum atomic E-state index is 12.1. The number of nitrogens with zero attached hydrogens (tertiary/aromatic N) is 1. The van der Waals surface area contributed by atoms with Crippen LogP contribution in [0.5, 0.6) is 0 Å². The summed E-state index contributed by atoms with van der Waals surface area (Å²) in [5, 5.41) is 9.17. The first-order valence-electron chi connectivity index (χ1n) is 5.28. The lowest BCUT2D eigenvalue weighted by molar-refractivity contribution is -0.144. The molecule has 1 aromatic carbocycles. The molecule has 1 heterocycles. The van der Waals surface area contributed by atoms with Crippen LogP contribution in [0.1, 0.15) is 28.8 Å². The molecule has 4 heteroatoms. The summed E-state index contributed by atoms with van der Waals surface area (Å²) in [6.45, 7) is 0.432. The Kier molecular flexibility index (Phi) is 1.67.